The van der Waals surface area contributed by atoms with Gasteiger partial charge < -0.3 is 9.09 Å². The summed E-state index contributed by atoms with van der Waals surface area (Å²) in [5, 5.41) is 0.495. The quantitative estimate of drug-likeness (QED) is 0.627. The van der Waals surface area contributed by atoms with E-state index in [0.29, 0.717) is 10.9 Å². The van der Waals surface area contributed by atoms with Crippen LogP contribution in [-0.4, -0.2) is 34.6 Å². The maximum absolute atomic E-state index is 12.9. The summed E-state index contributed by atoms with van der Waals surface area (Å²) in [4.78, 5) is 3.57. The largest absolute Gasteiger partial charge is 0.400 e. The van der Waals surface area contributed by atoms with Crippen molar-refractivity contribution >= 4 is 24.2 Å². The van der Waals surface area contributed by atoms with Gasteiger partial charge in [0, 0.05) is 30.6 Å². The third-order valence-corrected chi connectivity index (χ3v) is 6.54. The Balaban J connectivity index is 1.85. The smallest absolute Gasteiger partial charge is 0.331 e. The number of nitrogens with zero attached hydrogens (tertiary/aromatic N) is 3. The van der Waals surface area contributed by atoms with Crippen molar-refractivity contribution in [1.29, 1.82) is 0 Å². The maximum atomic E-state index is 12.9. The van der Waals surface area contributed by atoms with Crippen LogP contribution in [-0.2, 0) is 9.95 Å². The van der Waals surface area contributed by atoms with Crippen LogP contribution in [0, 0.1) is 0 Å². The molecule has 0 bridgehead atoms. The molecule has 0 aliphatic carbocycles. The number of benzene rings is 1. The van der Waals surface area contributed by atoms with Gasteiger partial charge in [0.25, 0.3) is 0 Å². The summed E-state index contributed by atoms with van der Waals surface area (Å²) in [6.07, 6.45) is 1.05. The van der Waals surface area contributed by atoms with E-state index in [1.54, 1.807) is 30.9 Å². The molecule has 9 heteroatoms. The Labute approximate surface area is 130 Å². The van der Waals surface area contributed by atoms with Crippen LogP contribution in [0.2, 0.25) is 0 Å². The highest BCUT2D eigenvalue weighted by Gasteiger charge is 2.36. The molecule has 1 aliphatic rings. The molecular weight excluding hydrogens is 335 g/mol. The summed E-state index contributed by atoms with van der Waals surface area (Å²) in [5.74, 6) is -0.938. The zero-order chi connectivity index (χ0) is 16.0. The van der Waals surface area contributed by atoms with Gasteiger partial charge >= 0.3 is 11.3 Å². The number of aromatic nitrogens is 2. The van der Waals surface area contributed by atoms with Gasteiger partial charge in [0.15, 0.2) is 7.29 Å². The summed E-state index contributed by atoms with van der Waals surface area (Å²) in [7, 11) is -2.55. The van der Waals surface area contributed by atoms with Gasteiger partial charge in [-0.2, -0.15) is 13.8 Å². The fraction of sp³-hybridized carbons (Fsp3) is 0.385. The molecule has 1 aromatic heterocycles. The zero-order valence-corrected chi connectivity index (χ0v) is 13.3. The van der Waals surface area contributed by atoms with Gasteiger partial charge in [-0.3, -0.25) is 0 Å². The van der Waals surface area contributed by atoms with Crippen molar-refractivity contribution < 1.29 is 17.9 Å². The molecule has 1 atom stereocenters. The molecule has 2 heterocycles. The van der Waals surface area contributed by atoms with E-state index in [2.05, 4.69) is 14.7 Å². The molecule has 118 valence electrons. The predicted molar refractivity (Wildman–Crippen MR) is 78.8 cm³/mol. The molecule has 1 saturated heterocycles. The molecule has 0 spiro atoms. The molecule has 0 amide bonds. The average Bonchev–Trinajstić information content (AvgIpc) is 2.85. The van der Waals surface area contributed by atoms with Gasteiger partial charge in [-0.25, -0.2) is 4.67 Å². The van der Waals surface area contributed by atoms with Crippen LogP contribution in [0.5, 0.6) is 0 Å². The lowest BCUT2D eigenvalue weighted by molar-refractivity contribution is 0.0551. The van der Waals surface area contributed by atoms with Crippen LogP contribution in [0.25, 0.3) is 11.4 Å². The van der Waals surface area contributed by atoms with Crippen LogP contribution < -0.4 is 5.30 Å². The molecule has 0 saturated carbocycles. The highest BCUT2D eigenvalue weighted by atomic mass is 35.5. The van der Waals surface area contributed by atoms with Gasteiger partial charge in [0.05, 0.1) is 0 Å². The van der Waals surface area contributed by atoms with E-state index in [1.165, 1.54) is 0 Å². The molecule has 0 N–H and O–H groups in total. The number of hydrogen-bond donors (Lipinski definition) is 0. The first kappa shape index (κ1) is 15.6. The summed E-state index contributed by atoms with van der Waals surface area (Å²) in [5.41, 5.74) is 0.489. The minimum absolute atomic E-state index is 0.0109. The Kier molecular flexibility index (Phi) is 3.83. The summed E-state index contributed by atoms with van der Waals surface area (Å²) >= 11 is 4.83. The van der Waals surface area contributed by atoms with Crippen molar-refractivity contribution in [2.24, 2.45) is 0 Å². The molecule has 1 aliphatic heterocycles. The lowest BCUT2D eigenvalue weighted by atomic mass is 10.2. The Morgan fingerprint density at radius 1 is 1.32 bits per heavy atom. The van der Waals surface area contributed by atoms with Crippen molar-refractivity contribution in [3.8, 4) is 11.4 Å². The molecule has 1 fully saturated rings. The van der Waals surface area contributed by atoms with Gasteiger partial charge in [-0.05, 0) is 30.2 Å². The van der Waals surface area contributed by atoms with Crippen molar-refractivity contribution in [1.82, 2.24) is 14.8 Å². The highest BCUT2D eigenvalue weighted by molar-refractivity contribution is 7.68. The fourth-order valence-corrected chi connectivity index (χ4v) is 4.34. The van der Waals surface area contributed by atoms with Crippen molar-refractivity contribution in [2.75, 3.05) is 19.8 Å². The Morgan fingerprint density at radius 2 is 1.95 bits per heavy atom. The van der Waals surface area contributed by atoms with Gasteiger partial charge in [0.2, 0.25) is 5.82 Å². The first-order valence-corrected chi connectivity index (χ1v) is 9.12. The van der Waals surface area contributed by atoms with E-state index in [4.69, 9.17) is 11.6 Å². The predicted octanol–water partition coefficient (Wildman–Crippen LogP) is 3.26. The number of rotatable bonds is 4. The number of halogens is 3. The van der Waals surface area contributed by atoms with Crippen LogP contribution >= 0.6 is 18.9 Å². The van der Waals surface area contributed by atoms with Gasteiger partial charge in [-0.1, -0.05) is 17.3 Å². The van der Waals surface area contributed by atoms with E-state index in [-0.39, 0.29) is 5.82 Å². The van der Waals surface area contributed by atoms with E-state index in [0.717, 1.165) is 19.5 Å². The monoisotopic (exact) mass is 347 g/mol. The first-order chi connectivity index (χ1) is 10.3. The fourth-order valence-electron chi connectivity index (χ4n) is 2.19. The van der Waals surface area contributed by atoms with E-state index >= 15 is 0 Å². The minimum atomic E-state index is -3.69. The lowest BCUT2D eigenvalue weighted by Gasteiger charge is -2.36. The van der Waals surface area contributed by atoms with Crippen molar-refractivity contribution in [2.45, 2.75) is 11.8 Å². The Hall–Kier alpha value is -1.30. The normalized spacial score (nSPS) is 18.7. The summed E-state index contributed by atoms with van der Waals surface area (Å²) in [6.45, 7) is 3.38. The second-order valence-corrected chi connectivity index (χ2v) is 8.47. The molecule has 1 unspecified atom stereocenters. The van der Waals surface area contributed by atoms with Crippen LogP contribution in [0.4, 0.5) is 8.78 Å². The number of hydrogen-bond acceptors (Lipinski definition) is 4. The van der Waals surface area contributed by atoms with Crippen LogP contribution in [0.15, 0.2) is 28.8 Å². The van der Waals surface area contributed by atoms with E-state index < -0.39 is 18.6 Å². The second-order valence-electron chi connectivity index (χ2n) is 5.15. The van der Waals surface area contributed by atoms with E-state index in [1.807, 2.05) is 4.67 Å². The first-order valence-electron chi connectivity index (χ1n) is 6.63. The Bertz CT molecular complexity index is 726. The topological polar surface area (TPSA) is 59.2 Å². The van der Waals surface area contributed by atoms with Gasteiger partial charge in [-0.15, -0.1) is 0 Å². The third kappa shape index (κ3) is 2.81. The third-order valence-electron chi connectivity index (χ3n) is 3.65. The summed E-state index contributed by atoms with van der Waals surface area (Å²) in [6, 6.07) is 6.66. The van der Waals surface area contributed by atoms with Gasteiger partial charge in [0.1, 0.15) is 0 Å². The SMILES string of the molecule is CP(=O)(c1ccc(-c2noc(C(F)(F)Cl)n2)cc1)N1CCC1. The maximum Gasteiger partial charge on any atom is 0.400 e. The summed E-state index contributed by atoms with van der Waals surface area (Å²) < 4.78 is 44.9. The zero-order valence-electron chi connectivity index (χ0n) is 11.7. The Morgan fingerprint density at radius 3 is 2.41 bits per heavy atom. The van der Waals surface area contributed by atoms with Crippen LogP contribution in [0.1, 0.15) is 12.3 Å². The highest BCUT2D eigenvalue weighted by Crippen LogP contribution is 2.47. The average molecular weight is 348 g/mol. The lowest BCUT2D eigenvalue weighted by Crippen LogP contribution is -2.36. The molecule has 5 nitrogen and oxygen atoms in total. The minimum Gasteiger partial charge on any atom is -0.331 e. The standard InChI is InChI=1S/C13H13ClF2N3O2P/c1-22(20,19-7-2-8-19)10-5-3-9(4-6-10)11-17-12(21-18-11)13(14,15)16/h3-6H,2,7-8H2,1H3. The van der Waals surface area contributed by atoms with Crippen molar-refractivity contribution in [3.63, 3.8) is 0 Å². The second kappa shape index (κ2) is 5.41. The molecule has 3 rings (SSSR count). The number of alkyl halides is 3. The molecule has 0 radical (unpaired) electrons. The molecule has 2 aromatic rings. The molecule has 22 heavy (non-hydrogen) atoms. The van der Waals surface area contributed by atoms with Crippen LogP contribution in [0.3, 0.4) is 0 Å². The van der Waals surface area contributed by atoms with E-state index in [9.17, 15) is 13.3 Å². The molecule has 1 aromatic carbocycles. The molecular formula is C13H13ClF2N3O2P. The van der Waals surface area contributed by atoms with Crippen molar-refractivity contribution in [3.05, 3.63) is 30.2 Å².